The Hall–Kier alpha value is -4.00. The zero-order valence-corrected chi connectivity index (χ0v) is 17.8. The third kappa shape index (κ3) is 4.37. The van der Waals surface area contributed by atoms with Crippen LogP contribution in [0.5, 0.6) is 11.5 Å². The van der Waals surface area contributed by atoms with Crippen molar-refractivity contribution in [3.8, 4) is 23.0 Å². The number of ether oxygens (including phenoxy) is 2. The molecule has 0 radical (unpaired) electrons. The molecule has 1 unspecified atom stereocenters. The maximum atomic E-state index is 13.2. The van der Waals surface area contributed by atoms with Crippen LogP contribution in [0.15, 0.2) is 80.6 Å². The Morgan fingerprint density at radius 1 is 1.03 bits per heavy atom. The van der Waals surface area contributed by atoms with Crippen molar-refractivity contribution in [1.82, 2.24) is 0 Å². The first-order valence-electron chi connectivity index (χ1n) is 10.4. The van der Waals surface area contributed by atoms with E-state index >= 15 is 0 Å². The number of carbonyl (C=O) groups excluding carboxylic acids is 1. The first-order valence-corrected chi connectivity index (χ1v) is 10.4. The van der Waals surface area contributed by atoms with E-state index in [9.17, 15) is 9.59 Å². The maximum absolute atomic E-state index is 13.2. The van der Waals surface area contributed by atoms with Gasteiger partial charge in [-0.1, -0.05) is 19.1 Å². The number of carbonyl (C=O) groups is 1. The molecule has 164 valence electrons. The van der Waals surface area contributed by atoms with Crippen LogP contribution < -0.4 is 20.2 Å². The Morgan fingerprint density at radius 3 is 2.50 bits per heavy atom. The molecule has 1 atom stereocenters. The normalized spacial score (nSPS) is 11.8. The highest BCUT2D eigenvalue weighted by atomic mass is 16.5. The van der Waals surface area contributed by atoms with E-state index in [1.807, 2.05) is 6.92 Å². The second kappa shape index (κ2) is 9.43. The number of hydrogen-bond donors (Lipinski definition) is 1. The van der Waals surface area contributed by atoms with Crippen LogP contribution in [0, 0.1) is 0 Å². The molecule has 0 spiro atoms. The minimum atomic E-state index is -0.917. The van der Waals surface area contributed by atoms with Gasteiger partial charge in [0, 0.05) is 5.69 Å². The topological polar surface area (TPSA) is 90.9 Å². The molecule has 0 fully saturated rings. The van der Waals surface area contributed by atoms with Crippen LogP contribution in [0.2, 0.25) is 0 Å². The van der Waals surface area contributed by atoms with E-state index in [4.69, 9.17) is 18.3 Å². The third-order valence-corrected chi connectivity index (χ3v) is 4.86. The summed E-state index contributed by atoms with van der Waals surface area (Å²) in [5.74, 6) is 0.753. The van der Waals surface area contributed by atoms with Crippen LogP contribution in [0.25, 0.3) is 22.5 Å². The first kappa shape index (κ1) is 21.2. The molecule has 4 aromatic rings. The van der Waals surface area contributed by atoms with E-state index in [0.717, 1.165) is 0 Å². The Kier molecular flexibility index (Phi) is 6.26. The summed E-state index contributed by atoms with van der Waals surface area (Å²) in [6, 6.07) is 17.3. The number of hydrogen-bond acceptors (Lipinski definition) is 6. The molecule has 0 aliphatic rings. The standard InChI is InChI=1S/C25H23NO6/c1-3-19(25(28)26-16-11-13-17(14-12-16)29-4-2)31-24-22(27)18-8-5-6-9-20(18)32-23(24)21-10-7-15-30-21/h5-15,19H,3-4H2,1-2H3,(H,26,28). The summed E-state index contributed by atoms with van der Waals surface area (Å²) in [5.41, 5.74) is 0.631. The number of benzene rings is 2. The highest BCUT2D eigenvalue weighted by Crippen LogP contribution is 2.32. The van der Waals surface area contributed by atoms with E-state index in [0.29, 0.717) is 41.2 Å². The van der Waals surface area contributed by atoms with Gasteiger partial charge in [-0.25, -0.2) is 0 Å². The number of furan rings is 1. The van der Waals surface area contributed by atoms with Crippen LogP contribution in [0.1, 0.15) is 20.3 Å². The van der Waals surface area contributed by atoms with Crippen molar-refractivity contribution >= 4 is 22.6 Å². The summed E-state index contributed by atoms with van der Waals surface area (Å²) in [4.78, 5) is 26.1. The molecule has 7 heteroatoms. The summed E-state index contributed by atoms with van der Waals surface area (Å²) in [6.07, 6.45) is 0.899. The molecule has 0 saturated carbocycles. The Bertz CT molecular complexity index is 1260. The third-order valence-electron chi connectivity index (χ3n) is 4.86. The second-order valence-electron chi connectivity index (χ2n) is 7.02. The summed E-state index contributed by atoms with van der Waals surface area (Å²) in [5, 5.41) is 3.18. The molecule has 2 aromatic heterocycles. The predicted molar refractivity (Wildman–Crippen MR) is 121 cm³/mol. The van der Waals surface area contributed by atoms with Gasteiger partial charge in [0.1, 0.15) is 11.3 Å². The monoisotopic (exact) mass is 433 g/mol. The molecule has 0 saturated heterocycles. The van der Waals surface area contributed by atoms with Gasteiger partial charge in [-0.15, -0.1) is 0 Å². The highest BCUT2D eigenvalue weighted by molar-refractivity contribution is 5.94. The van der Waals surface area contributed by atoms with Crippen LogP contribution >= 0.6 is 0 Å². The van der Waals surface area contributed by atoms with Gasteiger partial charge in [0.05, 0.1) is 18.3 Å². The minimum Gasteiger partial charge on any atom is -0.494 e. The fourth-order valence-corrected chi connectivity index (χ4v) is 3.29. The lowest BCUT2D eigenvalue weighted by Gasteiger charge is -2.18. The molecule has 1 N–H and O–H groups in total. The molecule has 4 rings (SSSR count). The molecule has 0 bridgehead atoms. The predicted octanol–water partition coefficient (Wildman–Crippen LogP) is 5.25. The summed E-state index contributed by atoms with van der Waals surface area (Å²) < 4.78 is 22.7. The Balaban J connectivity index is 1.64. The second-order valence-corrected chi connectivity index (χ2v) is 7.02. The molecule has 7 nitrogen and oxygen atoms in total. The van der Waals surface area contributed by atoms with Crippen molar-refractivity contribution in [3.05, 3.63) is 77.2 Å². The van der Waals surface area contributed by atoms with Crippen molar-refractivity contribution < 1.29 is 23.1 Å². The zero-order chi connectivity index (χ0) is 22.5. The van der Waals surface area contributed by atoms with Crippen molar-refractivity contribution in [2.24, 2.45) is 0 Å². The van der Waals surface area contributed by atoms with Crippen LogP contribution in [-0.4, -0.2) is 18.6 Å². The molecular formula is C25H23NO6. The van der Waals surface area contributed by atoms with Gasteiger partial charge in [-0.05, 0) is 61.9 Å². The van der Waals surface area contributed by atoms with E-state index < -0.39 is 6.10 Å². The summed E-state index contributed by atoms with van der Waals surface area (Å²) in [7, 11) is 0. The van der Waals surface area contributed by atoms with Crippen LogP contribution in [0.4, 0.5) is 5.69 Å². The van der Waals surface area contributed by atoms with E-state index in [1.165, 1.54) is 6.26 Å². The van der Waals surface area contributed by atoms with E-state index in [-0.39, 0.29) is 22.8 Å². The van der Waals surface area contributed by atoms with Gasteiger partial charge in [-0.3, -0.25) is 9.59 Å². The lowest BCUT2D eigenvalue weighted by molar-refractivity contribution is -0.122. The molecule has 0 aliphatic heterocycles. The highest BCUT2D eigenvalue weighted by Gasteiger charge is 2.26. The average molecular weight is 433 g/mol. The van der Waals surface area contributed by atoms with Gasteiger partial charge >= 0.3 is 0 Å². The Morgan fingerprint density at radius 2 is 1.81 bits per heavy atom. The lowest BCUT2D eigenvalue weighted by atomic mass is 10.1. The quantitative estimate of drug-likeness (QED) is 0.408. The number of nitrogens with one attached hydrogen (secondary N) is 1. The maximum Gasteiger partial charge on any atom is 0.265 e. The minimum absolute atomic E-state index is 0.0626. The molecule has 2 aromatic carbocycles. The molecule has 0 aliphatic carbocycles. The van der Waals surface area contributed by atoms with Gasteiger partial charge in [0.15, 0.2) is 11.9 Å². The molecule has 32 heavy (non-hydrogen) atoms. The van der Waals surface area contributed by atoms with Crippen LogP contribution in [0.3, 0.4) is 0 Å². The molecule has 1 amide bonds. The number of rotatable bonds is 8. The van der Waals surface area contributed by atoms with Crippen molar-refractivity contribution in [1.29, 1.82) is 0 Å². The molecular weight excluding hydrogens is 410 g/mol. The smallest absolute Gasteiger partial charge is 0.265 e. The van der Waals surface area contributed by atoms with Gasteiger partial charge in [0.25, 0.3) is 5.91 Å². The van der Waals surface area contributed by atoms with Crippen molar-refractivity contribution in [2.75, 3.05) is 11.9 Å². The number of fused-ring (bicyclic) bond motifs is 1. The van der Waals surface area contributed by atoms with Gasteiger partial charge in [0.2, 0.25) is 16.9 Å². The van der Waals surface area contributed by atoms with Crippen LogP contribution in [-0.2, 0) is 4.79 Å². The zero-order valence-electron chi connectivity index (χ0n) is 17.8. The SMILES string of the molecule is CCOc1ccc(NC(=O)C(CC)Oc2c(-c3ccco3)oc3ccccc3c2=O)cc1. The number of amides is 1. The average Bonchev–Trinajstić information content (AvgIpc) is 3.35. The summed E-state index contributed by atoms with van der Waals surface area (Å²) >= 11 is 0. The van der Waals surface area contributed by atoms with Gasteiger partial charge in [-0.2, -0.15) is 0 Å². The first-order chi connectivity index (χ1) is 15.6. The lowest BCUT2D eigenvalue weighted by Crippen LogP contribution is -2.34. The van der Waals surface area contributed by atoms with Crippen molar-refractivity contribution in [3.63, 3.8) is 0 Å². The Labute approximate surface area is 184 Å². The summed E-state index contributed by atoms with van der Waals surface area (Å²) in [6.45, 7) is 4.26. The largest absolute Gasteiger partial charge is 0.494 e. The molecule has 2 heterocycles. The van der Waals surface area contributed by atoms with Gasteiger partial charge < -0.3 is 23.6 Å². The number of para-hydroxylation sites is 1. The fourth-order valence-electron chi connectivity index (χ4n) is 3.29. The number of anilines is 1. The van der Waals surface area contributed by atoms with E-state index in [2.05, 4.69) is 5.32 Å². The van der Waals surface area contributed by atoms with E-state index in [1.54, 1.807) is 67.6 Å². The fraction of sp³-hybridized carbons (Fsp3) is 0.200. The van der Waals surface area contributed by atoms with Crippen molar-refractivity contribution in [2.45, 2.75) is 26.4 Å².